The van der Waals surface area contributed by atoms with Crippen molar-refractivity contribution in [1.82, 2.24) is 14.9 Å². The highest BCUT2D eigenvalue weighted by atomic mass is 32.2. The maximum absolute atomic E-state index is 12.7. The summed E-state index contributed by atoms with van der Waals surface area (Å²) in [5.41, 5.74) is 7.75. The number of nitrogens with zero attached hydrogens (tertiary/aromatic N) is 4. The monoisotopic (exact) mass is 438 g/mol. The molecule has 1 saturated heterocycles. The Hall–Kier alpha value is -3.62. The minimum Gasteiger partial charge on any atom is -0.439 e. The van der Waals surface area contributed by atoms with Gasteiger partial charge in [0.05, 0.1) is 22.9 Å². The molecule has 2 atom stereocenters. The van der Waals surface area contributed by atoms with Crippen molar-refractivity contribution in [2.24, 2.45) is 5.73 Å². The highest BCUT2D eigenvalue weighted by molar-refractivity contribution is 7.99. The van der Waals surface area contributed by atoms with E-state index in [1.54, 1.807) is 18.3 Å². The number of carbonyl (C=O) groups excluding carboxylic acids is 1. The summed E-state index contributed by atoms with van der Waals surface area (Å²) in [6.45, 7) is 0. The Morgan fingerprint density at radius 1 is 1.48 bits per heavy atom. The number of ether oxygens (including phenoxy) is 1. The molecule has 0 aliphatic carbocycles. The zero-order chi connectivity index (χ0) is 22.0. The third kappa shape index (κ3) is 4.30. The van der Waals surface area contributed by atoms with Gasteiger partial charge in [-0.05, 0) is 30.2 Å². The number of hydrogen-bond donors (Lipinski definition) is 2. The smallest absolute Gasteiger partial charge is 0.287 e. The lowest BCUT2D eigenvalue weighted by atomic mass is 10.0. The summed E-state index contributed by atoms with van der Waals surface area (Å²) >= 11 is 1.54. The third-order valence-corrected chi connectivity index (χ3v) is 5.98. The molecule has 3 N–H and O–H groups in total. The Bertz CT molecular complexity index is 1170. The molecule has 0 saturated carbocycles. The Morgan fingerprint density at radius 2 is 2.32 bits per heavy atom. The summed E-state index contributed by atoms with van der Waals surface area (Å²) in [7, 11) is 0. The van der Waals surface area contributed by atoms with Crippen LogP contribution in [0.4, 0.5) is 5.69 Å². The van der Waals surface area contributed by atoms with Gasteiger partial charge in [-0.3, -0.25) is 14.9 Å². The second-order valence-electron chi connectivity index (χ2n) is 7.00. The number of benzene rings is 1. The van der Waals surface area contributed by atoms with E-state index in [4.69, 9.17) is 10.5 Å². The van der Waals surface area contributed by atoms with Crippen LogP contribution in [-0.2, 0) is 11.2 Å². The Balaban J connectivity index is 1.51. The number of fused-ring (bicyclic) bond motifs is 1. The molecule has 4 rings (SSSR count). The molecule has 0 bridgehead atoms. The number of nitrogens with one attached hydrogen (secondary N) is 1. The lowest BCUT2D eigenvalue weighted by Gasteiger charge is -2.22. The van der Waals surface area contributed by atoms with E-state index in [9.17, 15) is 20.2 Å². The standard InChI is InChI=1S/C20H18N6O4S/c21-7-14-10-31-11-25(14)20(27)17(22)5-12-8-23-18-3-2-15(6-16(12)18)30-19-4-1-13(9-24-19)26(28)29/h1-4,6,8-9,14,17,23H,5,10-11,22H2/t14-,17?/m0/s1. The van der Waals surface area contributed by atoms with Crippen LogP contribution in [0.2, 0.25) is 0 Å². The summed E-state index contributed by atoms with van der Waals surface area (Å²) in [4.78, 5) is 31.5. The van der Waals surface area contributed by atoms with Crippen LogP contribution in [0.1, 0.15) is 5.56 Å². The first-order valence-electron chi connectivity index (χ1n) is 9.38. The number of nitrogens with two attached hydrogens (primary N) is 1. The van der Waals surface area contributed by atoms with Crippen LogP contribution in [-0.4, -0.2) is 49.4 Å². The number of nitriles is 1. The third-order valence-electron chi connectivity index (χ3n) is 4.96. The molecule has 1 amide bonds. The lowest BCUT2D eigenvalue weighted by Crippen LogP contribution is -2.47. The zero-order valence-corrected chi connectivity index (χ0v) is 17.0. The van der Waals surface area contributed by atoms with Crippen molar-refractivity contribution in [2.45, 2.75) is 18.5 Å². The van der Waals surface area contributed by atoms with E-state index in [2.05, 4.69) is 16.0 Å². The average Bonchev–Trinajstić information content (AvgIpc) is 3.40. The van der Waals surface area contributed by atoms with Crippen LogP contribution in [0.5, 0.6) is 11.6 Å². The number of aromatic nitrogens is 2. The van der Waals surface area contributed by atoms with E-state index in [0.717, 1.165) is 22.7 Å². The predicted molar refractivity (Wildman–Crippen MR) is 115 cm³/mol. The molecule has 31 heavy (non-hydrogen) atoms. The summed E-state index contributed by atoms with van der Waals surface area (Å²) in [6.07, 6.45) is 3.23. The van der Waals surface area contributed by atoms with Crippen LogP contribution in [0.15, 0.2) is 42.7 Å². The quantitative estimate of drug-likeness (QED) is 0.440. The Morgan fingerprint density at radius 3 is 3.03 bits per heavy atom. The van der Waals surface area contributed by atoms with Gasteiger partial charge in [0.15, 0.2) is 0 Å². The van der Waals surface area contributed by atoms with Crippen LogP contribution in [0.25, 0.3) is 10.9 Å². The highest BCUT2D eigenvalue weighted by Gasteiger charge is 2.32. The molecule has 10 nitrogen and oxygen atoms in total. The molecule has 2 aromatic heterocycles. The molecule has 0 spiro atoms. The highest BCUT2D eigenvalue weighted by Crippen LogP contribution is 2.28. The van der Waals surface area contributed by atoms with Crippen molar-refractivity contribution in [3.05, 3.63) is 58.4 Å². The van der Waals surface area contributed by atoms with E-state index in [1.807, 2.05) is 6.07 Å². The summed E-state index contributed by atoms with van der Waals surface area (Å²) in [5.74, 6) is 1.55. The molecule has 1 aliphatic rings. The number of amides is 1. The van der Waals surface area contributed by atoms with Gasteiger partial charge in [-0.15, -0.1) is 11.8 Å². The van der Waals surface area contributed by atoms with Crippen LogP contribution >= 0.6 is 11.8 Å². The molecule has 158 valence electrons. The first-order chi connectivity index (χ1) is 15.0. The van der Waals surface area contributed by atoms with Gasteiger partial charge in [0.2, 0.25) is 11.8 Å². The van der Waals surface area contributed by atoms with Crippen LogP contribution in [0, 0.1) is 21.4 Å². The largest absolute Gasteiger partial charge is 0.439 e. The van der Waals surface area contributed by atoms with Gasteiger partial charge in [-0.2, -0.15) is 5.26 Å². The number of thioether (sulfide) groups is 1. The molecule has 11 heteroatoms. The van der Waals surface area contributed by atoms with Gasteiger partial charge >= 0.3 is 0 Å². The van der Waals surface area contributed by atoms with Gasteiger partial charge in [0.25, 0.3) is 5.69 Å². The number of rotatable bonds is 6. The average molecular weight is 438 g/mol. The SMILES string of the molecule is N#C[C@H]1CSCN1C(=O)C(N)Cc1c[nH]c2ccc(Oc3ccc([N+](=O)[O-])cn3)cc12. The number of nitro groups is 1. The summed E-state index contributed by atoms with van der Waals surface area (Å²) < 4.78 is 5.72. The van der Waals surface area contributed by atoms with E-state index in [0.29, 0.717) is 23.8 Å². The van der Waals surface area contributed by atoms with Gasteiger partial charge < -0.3 is 20.4 Å². The maximum atomic E-state index is 12.7. The molecule has 0 radical (unpaired) electrons. The second kappa shape index (κ2) is 8.63. The number of hydrogen-bond acceptors (Lipinski definition) is 8. The normalized spacial score (nSPS) is 16.8. The molecule has 3 heterocycles. The fraction of sp³-hybridized carbons (Fsp3) is 0.250. The first-order valence-corrected chi connectivity index (χ1v) is 10.5. The zero-order valence-electron chi connectivity index (χ0n) is 16.2. The van der Waals surface area contributed by atoms with Gasteiger partial charge in [0, 0.05) is 35.0 Å². The molecular weight excluding hydrogens is 420 g/mol. The van der Waals surface area contributed by atoms with Gasteiger partial charge in [0.1, 0.15) is 18.0 Å². The van der Waals surface area contributed by atoms with Gasteiger partial charge in [-0.1, -0.05) is 0 Å². The van der Waals surface area contributed by atoms with Crippen molar-refractivity contribution < 1.29 is 14.5 Å². The van der Waals surface area contributed by atoms with Crippen LogP contribution in [0.3, 0.4) is 0 Å². The Kier molecular flexibility index (Phi) is 5.75. The lowest BCUT2D eigenvalue weighted by molar-refractivity contribution is -0.385. The van der Waals surface area contributed by atoms with Crippen molar-refractivity contribution >= 4 is 34.3 Å². The molecule has 1 aromatic carbocycles. The van der Waals surface area contributed by atoms with E-state index < -0.39 is 17.0 Å². The number of pyridine rings is 1. The number of H-pyrrole nitrogens is 1. The van der Waals surface area contributed by atoms with Crippen molar-refractivity contribution in [3.63, 3.8) is 0 Å². The predicted octanol–water partition coefficient (Wildman–Crippen LogP) is 2.56. The topological polar surface area (TPSA) is 151 Å². The molecule has 1 unspecified atom stereocenters. The number of aromatic amines is 1. The fourth-order valence-corrected chi connectivity index (χ4v) is 4.44. The fourth-order valence-electron chi connectivity index (χ4n) is 3.36. The van der Waals surface area contributed by atoms with Gasteiger partial charge in [-0.25, -0.2) is 4.98 Å². The van der Waals surface area contributed by atoms with E-state index >= 15 is 0 Å². The molecule has 1 fully saturated rings. The van der Waals surface area contributed by atoms with Crippen molar-refractivity contribution in [3.8, 4) is 17.7 Å². The van der Waals surface area contributed by atoms with Crippen molar-refractivity contribution in [2.75, 3.05) is 11.6 Å². The maximum Gasteiger partial charge on any atom is 0.287 e. The molecular formula is C20H18N6O4S. The van der Waals surface area contributed by atoms with E-state index in [1.165, 1.54) is 28.8 Å². The Labute approximate surface area is 181 Å². The van der Waals surface area contributed by atoms with E-state index in [-0.39, 0.29) is 17.5 Å². The molecule has 3 aromatic rings. The summed E-state index contributed by atoms with van der Waals surface area (Å²) in [6, 6.07) is 9.04. The minimum atomic E-state index is -0.769. The van der Waals surface area contributed by atoms with Crippen LogP contribution < -0.4 is 10.5 Å². The molecule has 1 aliphatic heterocycles. The summed E-state index contributed by atoms with van der Waals surface area (Å²) in [5, 5.41) is 20.8. The minimum absolute atomic E-state index is 0.121. The van der Waals surface area contributed by atoms with Crippen molar-refractivity contribution in [1.29, 1.82) is 5.26 Å². The first kappa shape index (κ1) is 20.6. The second-order valence-corrected chi connectivity index (χ2v) is 8.00. The number of carbonyl (C=O) groups is 1.